The van der Waals surface area contributed by atoms with Gasteiger partial charge >= 0.3 is 11.9 Å². The van der Waals surface area contributed by atoms with Gasteiger partial charge in [0.05, 0.1) is 13.0 Å². The highest BCUT2D eigenvalue weighted by molar-refractivity contribution is 5.86. The normalized spacial score (nSPS) is 11.5. The fourth-order valence-electron chi connectivity index (χ4n) is 1.79. The lowest BCUT2D eigenvalue weighted by molar-refractivity contribution is -0.147. The number of ether oxygens (including phenoxy) is 1. The van der Waals surface area contributed by atoms with Gasteiger partial charge in [-0.1, -0.05) is 12.1 Å². The van der Waals surface area contributed by atoms with Gasteiger partial charge in [0, 0.05) is 12.8 Å². The summed E-state index contributed by atoms with van der Waals surface area (Å²) in [5.41, 5.74) is 0.731. The molecule has 0 aliphatic carbocycles. The molecule has 0 saturated carbocycles. The average Bonchev–Trinajstić information content (AvgIpc) is 2.47. The zero-order valence-corrected chi connectivity index (χ0v) is 12.2. The minimum absolute atomic E-state index is 0.0990. The Morgan fingerprint density at radius 1 is 1.18 bits per heavy atom. The number of carbonyl (C=O) groups is 3. The van der Waals surface area contributed by atoms with E-state index in [0.29, 0.717) is 0 Å². The number of amides is 1. The van der Waals surface area contributed by atoms with Gasteiger partial charge in [-0.2, -0.15) is 0 Å². The minimum Gasteiger partial charge on any atom is -0.508 e. The summed E-state index contributed by atoms with van der Waals surface area (Å²) in [6.45, 7) is 1.83. The number of carboxylic acids is 1. The summed E-state index contributed by atoms with van der Waals surface area (Å²) in [7, 11) is 0. The quantitative estimate of drug-likeness (QED) is 0.614. The fraction of sp³-hybridized carbons (Fsp3) is 0.400. The number of phenols is 1. The smallest absolute Gasteiger partial charge is 0.328 e. The van der Waals surface area contributed by atoms with Crippen LogP contribution in [0.5, 0.6) is 5.75 Å². The monoisotopic (exact) mass is 309 g/mol. The van der Waals surface area contributed by atoms with Gasteiger partial charge in [-0.05, 0) is 24.6 Å². The largest absolute Gasteiger partial charge is 0.508 e. The number of benzene rings is 1. The maximum atomic E-state index is 11.9. The summed E-state index contributed by atoms with van der Waals surface area (Å²) >= 11 is 0. The molecule has 22 heavy (non-hydrogen) atoms. The third kappa shape index (κ3) is 6.25. The Morgan fingerprint density at radius 2 is 1.82 bits per heavy atom. The van der Waals surface area contributed by atoms with Gasteiger partial charge in [-0.3, -0.25) is 9.59 Å². The molecular weight excluding hydrogens is 290 g/mol. The SMILES string of the molecule is CCOC(=O)[C@H](Cc1ccc(O)cc1)NC(=O)CCC(=O)O. The second-order valence-electron chi connectivity index (χ2n) is 4.64. The predicted octanol–water partition coefficient (Wildman–Crippen LogP) is 0.847. The highest BCUT2D eigenvalue weighted by Crippen LogP contribution is 2.12. The molecule has 0 saturated heterocycles. The molecular formula is C15H19NO6. The molecule has 0 heterocycles. The van der Waals surface area contributed by atoms with Crippen LogP contribution in [0.1, 0.15) is 25.3 Å². The van der Waals surface area contributed by atoms with Crippen LogP contribution in [0, 0.1) is 0 Å². The van der Waals surface area contributed by atoms with E-state index in [4.69, 9.17) is 9.84 Å². The maximum absolute atomic E-state index is 11.9. The van der Waals surface area contributed by atoms with Crippen molar-refractivity contribution < 1.29 is 29.3 Å². The summed E-state index contributed by atoms with van der Waals surface area (Å²) < 4.78 is 4.91. The molecule has 0 fully saturated rings. The zero-order valence-electron chi connectivity index (χ0n) is 12.2. The summed E-state index contributed by atoms with van der Waals surface area (Å²) in [5.74, 6) is -2.10. The first-order chi connectivity index (χ1) is 10.4. The van der Waals surface area contributed by atoms with Crippen molar-refractivity contribution in [2.45, 2.75) is 32.2 Å². The van der Waals surface area contributed by atoms with E-state index >= 15 is 0 Å². The van der Waals surface area contributed by atoms with E-state index in [2.05, 4.69) is 5.32 Å². The number of rotatable bonds is 8. The van der Waals surface area contributed by atoms with Crippen molar-refractivity contribution >= 4 is 17.8 Å². The Labute approximate surface area is 127 Å². The first-order valence-electron chi connectivity index (χ1n) is 6.88. The topological polar surface area (TPSA) is 113 Å². The lowest BCUT2D eigenvalue weighted by atomic mass is 10.1. The van der Waals surface area contributed by atoms with Gasteiger partial charge in [-0.25, -0.2) is 4.79 Å². The molecule has 1 atom stereocenters. The van der Waals surface area contributed by atoms with Gasteiger partial charge < -0.3 is 20.3 Å². The van der Waals surface area contributed by atoms with E-state index in [-0.39, 0.29) is 31.6 Å². The van der Waals surface area contributed by atoms with Crippen LogP contribution in [0.3, 0.4) is 0 Å². The van der Waals surface area contributed by atoms with Crippen molar-refractivity contribution in [3.63, 3.8) is 0 Å². The lowest BCUT2D eigenvalue weighted by Gasteiger charge is -2.17. The van der Waals surface area contributed by atoms with E-state index in [0.717, 1.165) is 5.56 Å². The molecule has 1 amide bonds. The molecule has 0 bridgehead atoms. The van der Waals surface area contributed by atoms with Crippen LogP contribution in [0.4, 0.5) is 0 Å². The van der Waals surface area contributed by atoms with E-state index in [1.165, 1.54) is 12.1 Å². The van der Waals surface area contributed by atoms with Crippen molar-refractivity contribution in [3.8, 4) is 5.75 Å². The summed E-state index contributed by atoms with van der Waals surface area (Å²) in [5, 5.41) is 20.3. The summed E-state index contributed by atoms with van der Waals surface area (Å²) in [6.07, 6.45) is -0.320. The number of hydrogen-bond acceptors (Lipinski definition) is 5. The van der Waals surface area contributed by atoms with Crippen molar-refractivity contribution in [2.75, 3.05) is 6.61 Å². The molecule has 120 valence electrons. The molecule has 7 heteroatoms. The molecule has 3 N–H and O–H groups in total. The van der Waals surface area contributed by atoms with Crippen molar-refractivity contribution in [3.05, 3.63) is 29.8 Å². The molecule has 1 rings (SSSR count). The number of nitrogens with one attached hydrogen (secondary N) is 1. The fourth-order valence-corrected chi connectivity index (χ4v) is 1.79. The summed E-state index contributed by atoms with van der Waals surface area (Å²) in [4.78, 5) is 34.0. The number of aromatic hydroxyl groups is 1. The van der Waals surface area contributed by atoms with Gasteiger partial charge in [0.15, 0.2) is 0 Å². The number of carboxylic acid groups (broad SMARTS) is 1. The van der Waals surface area contributed by atoms with E-state index in [9.17, 15) is 19.5 Å². The first-order valence-corrected chi connectivity index (χ1v) is 6.88. The highest BCUT2D eigenvalue weighted by atomic mass is 16.5. The molecule has 1 aromatic carbocycles. The molecule has 7 nitrogen and oxygen atoms in total. The maximum Gasteiger partial charge on any atom is 0.328 e. The predicted molar refractivity (Wildman–Crippen MR) is 77.2 cm³/mol. The Hall–Kier alpha value is -2.57. The number of hydrogen-bond donors (Lipinski definition) is 3. The van der Waals surface area contributed by atoms with Crippen LogP contribution >= 0.6 is 0 Å². The summed E-state index contributed by atoms with van der Waals surface area (Å²) in [6, 6.07) is 5.31. The standard InChI is InChI=1S/C15H19NO6/c1-2-22-15(21)12(16-13(18)7-8-14(19)20)9-10-3-5-11(17)6-4-10/h3-6,12,17H,2,7-9H2,1H3,(H,16,18)(H,19,20)/t12-/m0/s1. The molecule has 1 aromatic rings. The van der Waals surface area contributed by atoms with Gasteiger partial charge in [0.1, 0.15) is 11.8 Å². The Morgan fingerprint density at radius 3 is 2.36 bits per heavy atom. The van der Waals surface area contributed by atoms with E-state index < -0.39 is 23.9 Å². The van der Waals surface area contributed by atoms with Crippen molar-refractivity contribution in [1.29, 1.82) is 0 Å². The van der Waals surface area contributed by atoms with Crippen molar-refractivity contribution in [2.24, 2.45) is 0 Å². The molecule has 0 aromatic heterocycles. The van der Waals surface area contributed by atoms with Gasteiger partial charge in [-0.15, -0.1) is 0 Å². The van der Waals surface area contributed by atoms with Crippen LogP contribution in [-0.2, 0) is 25.5 Å². The first kappa shape index (κ1) is 17.5. The third-order valence-corrected chi connectivity index (χ3v) is 2.85. The number of esters is 1. The average molecular weight is 309 g/mol. The minimum atomic E-state index is -1.08. The van der Waals surface area contributed by atoms with Crippen molar-refractivity contribution in [1.82, 2.24) is 5.32 Å². The number of phenolic OH excluding ortho intramolecular Hbond substituents is 1. The molecule has 0 radical (unpaired) electrons. The highest BCUT2D eigenvalue weighted by Gasteiger charge is 2.22. The van der Waals surface area contributed by atoms with Crippen LogP contribution in [0.15, 0.2) is 24.3 Å². The van der Waals surface area contributed by atoms with Crippen LogP contribution in [-0.4, -0.2) is 40.7 Å². The second-order valence-corrected chi connectivity index (χ2v) is 4.64. The second kappa shape index (κ2) is 8.66. The Kier molecular flexibility index (Phi) is 6.88. The van der Waals surface area contributed by atoms with Gasteiger partial charge in [0.2, 0.25) is 5.91 Å². The Bertz CT molecular complexity index is 525. The number of carbonyl (C=O) groups excluding carboxylic acids is 2. The molecule has 0 spiro atoms. The molecule has 0 aliphatic heterocycles. The molecule has 0 unspecified atom stereocenters. The third-order valence-electron chi connectivity index (χ3n) is 2.85. The zero-order chi connectivity index (χ0) is 16.5. The van der Waals surface area contributed by atoms with E-state index in [1.807, 2.05) is 0 Å². The van der Waals surface area contributed by atoms with Crippen LogP contribution in [0.2, 0.25) is 0 Å². The van der Waals surface area contributed by atoms with Gasteiger partial charge in [0.25, 0.3) is 0 Å². The lowest BCUT2D eigenvalue weighted by Crippen LogP contribution is -2.43. The number of aliphatic carboxylic acids is 1. The molecule has 0 aliphatic rings. The van der Waals surface area contributed by atoms with Crippen LogP contribution < -0.4 is 5.32 Å². The van der Waals surface area contributed by atoms with E-state index in [1.54, 1.807) is 19.1 Å². The Balaban J connectivity index is 2.70. The van der Waals surface area contributed by atoms with Crippen LogP contribution in [0.25, 0.3) is 0 Å².